The summed E-state index contributed by atoms with van der Waals surface area (Å²) in [6, 6.07) is 0.230. The molecule has 28 heavy (non-hydrogen) atoms. The van der Waals surface area contributed by atoms with Gasteiger partial charge in [0.2, 0.25) is 5.91 Å². The lowest BCUT2D eigenvalue weighted by Gasteiger charge is -2.22. The molecule has 0 radical (unpaired) electrons. The molecule has 3 heterocycles. The highest BCUT2D eigenvalue weighted by Gasteiger charge is 2.24. The van der Waals surface area contributed by atoms with E-state index in [-0.39, 0.29) is 24.2 Å². The molecule has 1 atom stereocenters. The van der Waals surface area contributed by atoms with Crippen molar-refractivity contribution in [3.05, 3.63) is 27.3 Å². The highest BCUT2D eigenvalue weighted by atomic mass is 32.1. The predicted molar refractivity (Wildman–Crippen MR) is 109 cm³/mol. The second-order valence-electron chi connectivity index (χ2n) is 8.31. The van der Waals surface area contributed by atoms with Crippen molar-refractivity contribution in [1.82, 2.24) is 24.5 Å². The van der Waals surface area contributed by atoms with E-state index in [2.05, 4.69) is 22.3 Å². The van der Waals surface area contributed by atoms with Crippen molar-refractivity contribution < 1.29 is 4.79 Å². The molecule has 7 nitrogen and oxygen atoms in total. The van der Waals surface area contributed by atoms with Crippen molar-refractivity contribution in [3.63, 3.8) is 0 Å². The third-order valence-corrected chi connectivity index (χ3v) is 7.30. The molecule has 0 spiro atoms. The van der Waals surface area contributed by atoms with E-state index < -0.39 is 0 Å². The molecule has 2 aliphatic rings. The summed E-state index contributed by atoms with van der Waals surface area (Å²) in [6.45, 7) is 2.24. The van der Waals surface area contributed by atoms with Crippen LogP contribution in [-0.2, 0) is 24.2 Å². The molecular weight excluding hydrogens is 374 g/mol. The fourth-order valence-corrected chi connectivity index (χ4v) is 5.97. The number of aromatic nitrogens is 4. The molecule has 8 heteroatoms. The predicted octanol–water partition coefficient (Wildman–Crippen LogP) is 2.68. The molecule has 1 amide bonds. The van der Waals surface area contributed by atoms with Gasteiger partial charge in [0, 0.05) is 10.9 Å². The van der Waals surface area contributed by atoms with Gasteiger partial charge in [0.15, 0.2) is 5.65 Å². The number of rotatable bonds is 3. The summed E-state index contributed by atoms with van der Waals surface area (Å²) in [5, 5.41) is 8.61. The lowest BCUT2D eigenvalue weighted by Crippen LogP contribution is -2.40. The molecule has 0 aromatic carbocycles. The summed E-state index contributed by atoms with van der Waals surface area (Å²) in [7, 11) is 0. The Bertz CT molecular complexity index is 1110. The average molecular weight is 400 g/mol. The van der Waals surface area contributed by atoms with Crippen molar-refractivity contribution in [2.45, 2.75) is 70.9 Å². The van der Waals surface area contributed by atoms with Crippen LogP contribution < -0.4 is 11.0 Å². The number of hydrogen-bond acceptors (Lipinski definition) is 5. The Morgan fingerprint density at radius 2 is 2.11 bits per heavy atom. The number of nitrogens with zero attached hydrogens (tertiary/aromatic N) is 4. The van der Waals surface area contributed by atoms with Gasteiger partial charge in [-0.2, -0.15) is 0 Å². The lowest BCUT2D eigenvalue weighted by atomic mass is 9.89. The largest absolute Gasteiger partial charge is 0.352 e. The van der Waals surface area contributed by atoms with E-state index >= 15 is 0 Å². The van der Waals surface area contributed by atoms with Gasteiger partial charge < -0.3 is 5.32 Å². The third kappa shape index (κ3) is 3.03. The number of fused-ring (bicyclic) bond motifs is 5. The Balaban J connectivity index is 1.49. The van der Waals surface area contributed by atoms with Gasteiger partial charge in [0.1, 0.15) is 17.7 Å². The van der Waals surface area contributed by atoms with Crippen LogP contribution in [0.2, 0.25) is 0 Å². The standard InChI is InChI=1S/C20H25N5O2S/c1-12-7-8-14-15(9-12)28-19-17(14)18-23-25(20(27)24(18)11-21-19)10-16(26)22-13-5-3-2-4-6-13/h11-13H,2-10H2,1H3,(H,22,26)/t12-/m0/s1. The van der Waals surface area contributed by atoms with E-state index in [1.54, 1.807) is 17.7 Å². The van der Waals surface area contributed by atoms with Gasteiger partial charge in [0.05, 0.1) is 5.39 Å². The fourth-order valence-electron chi connectivity index (χ4n) is 4.62. The molecule has 3 aromatic rings. The minimum Gasteiger partial charge on any atom is -0.352 e. The molecule has 5 rings (SSSR count). The zero-order valence-electron chi connectivity index (χ0n) is 16.1. The van der Waals surface area contributed by atoms with E-state index in [1.807, 2.05) is 0 Å². The first-order valence-electron chi connectivity index (χ1n) is 10.3. The highest BCUT2D eigenvalue weighted by Crippen LogP contribution is 2.38. The number of hydrogen-bond donors (Lipinski definition) is 1. The Kier molecular flexibility index (Phi) is 4.45. The van der Waals surface area contributed by atoms with Crippen LogP contribution >= 0.6 is 11.3 Å². The third-order valence-electron chi connectivity index (χ3n) is 6.14. The van der Waals surface area contributed by atoms with Crippen molar-refractivity contribution in [2.24, 2.45) is 5.92 Å². The summed E-state index contributed by atoms with van der Waals surface area (Å²) in [6.07, 6.45) is 10.4. The van der Waals surface area contributed by atoms with E-state index in [0.29, 0.717) is 11.6 Å². The zero-order chi connectivity index (χ0) is 19.3. The van der Waals surface area contributed by atoms with Gasteiger partial charge in [-0.15, -0.1) is 16.4 Å². The van der Waals surface area contributed by atoms with E-state index in [1.165, 1.54) is 25.9 Å². The topological polar surface area (TPSA) is 81.3 Å². The quantitative estimate of drug-likeness (QED) is 0.734. The van der Waals surface area contributed by atoms with E-state index in [9.17, 15) is 9.59 Å². The number of carbonyl (C=O) groups excluding carboxylic acids is 1. The lowest BCUT2D eigenvalue weighted by molar-refractivity contribution is -0.122. The molecule has 0 saturated heterocycles. The maximum absolute atomic E-state index is 12.8. The fraction of sp³-hybridized carbons (Fsp3) is 0.600. The minimum absolute atomic E-state index is 0.0398. The van der Waals surface area contributed by atoms with Gasteiger partial charge in [0.25, 0.3) is 0 Å². The summed E-state index contributed by atoms with van der Waals surface area (Å²) >= 11 is 1.72. The summed E-state index contributed by atoms with van der Waals surface area (Å²) in [5.41, 5.74) is 1.62. The van der Waals surface area contributed by atoms with Crippen LogP contribution in [0.5, 0.6) is 0 Å². The minimum atomic E-state index is -0.299. The molecule has 1 saturated carbocycles. The Labute approximate surface area is 166 Å². The first-order chi connectivity index (χ1) is 13.6. The normalized spacial score (nSPS) is 20.5. The monoisotopic (exact) mass is 399 g/mol. The Morgan fingerprint density at radius 3 is 2.93 bits per heavy atom. The smallest absolute Gasteiger partial charge is 0.352 e. The van der Waals surface area contributed by atoms with Gasteiger partial charge in [-0.05, 0) is 43.6 Å². The molecular formula is C20H25N5O2S. The Hall–Kier alpha value is -2.22. The first-order valence-corrected chi connectivity index (χ1v) is 11.1. The average Bonchev–Trinajstić information content (AvgIpc) is 3.19. The van der Waals surface area contributed by atoms with Crippen molar-refractivity contribution in [1.29, 1.82) is 0 Å². The first kappa shape index (κ1) is 17.8. The summed E-state index contributed by atoms with van der Waals surface area (Å²) < 4.78 is 2.77. The molecule has 0 bridgehead atoms. The number of aryl methyl sites for hydroxylation is 1. The molecule has 1 fully saturated rings. The van der Waals surface area contributed by atoms with Gasteiger partial charge in [-0.3, -0.25) is 4.79 Å². The molecule has 3 aromatic heterocycles. The molecule has 148 valence electrons. The van der Waals surface area contributed by atoms with Crippen molar-refractivity contribution >= 4 is 33.1 Å². The summed E-state index contributed by atoms with van der Waals surface area (Å²) in [4.78, 5) is 32.1. The van der Waals surface area contributed by atoms with Crippen LogP contribution in [-0.4, -0.2) is 31.1 Å². The van der Waals surface area contributed by atoms with Crippen LogP contribution in [0.25, 0.3) is 15.9 Å². The second kappa shape index (κ2) is 6.99. The molecule has 1 N–H and O–H groups in total. The van der Waals surface area contributed by atoms with Gasteiger partial charge in [-0.1, -0.05) is 26.2 Å². The highest BCUT2D eigenvalue weighted by molar-refractivity contribution is 7.19. The SMILES string of the molecule is C[C@H]1CCc2c(sc3ncn4c(=O)n(CC(=O)NC5CCCCC5)nc4c23)C1. The van der Waals surface area contributed by atoms with Crippen molar-refractivity contribution in [3.8, 4) is 0 Å². The number of amides is 1. The van der Waals surface area contributed by atoms with Crippen LogP contribution in [0.3, 0.4) is 0 Å². The van der Waals surface area contributed by atoms with E-state index in [4.69, 9.17) is 0 Å². The van der Waals surface area contributed by atoms with Crippen molar-refractivity contribution in [2.75, 3.05) is 0 Å². The maximum Gasteiger partial charge on any atom is 0.352 e. The van der Waals surface area contributed by atoms with Crippen LogP contribution in [0.1, 0.15) is 55.9 Å². The van der Waals surface area contributed by atoms with Gasteiger partial charge >= 0.3 is 5.69 Å². The zero-order valence-corrected chi connectivity index (χ0v) is 16.9. The number of nitrogens with one attached hydrogen (secondary N) is 1. The van der Waals surface area contributed by atoms with Crippen LogP contribution in [0, 0.1) is 5.92 Å². The number of carbonyl (C=O) groups is 1. The second-order valence-corrected chi connectivity index (χ2v) is 9.40. The van der Waals surface area contributed by atoms with Crippen LogP contribution in [0.15, 0.2) is 11.1 Å². The Morgan fingerprint density at radius 1 is 1.29 bits per heavy atom. The molecule has 0 aliphatic heterocycles. The molecule has 0 unspecified atom stereocenters. The summed E-state index contributed by atoms with van der Waals surface area (Å²) in [5.74, 6) is 0.544. The maximum atomic E-state index is 12.8. The van der Waals surface area contributed by atoms with E-state index in [0.717, 1.165) is 55.2 Å². The van der Waals surface area contributed by atoms with Crippen LogP contribution in [0.4, 0.5) is 0 Å². The molecule has 2 aliphatic carbocycles. The number of thiophene rings is 1. The van der Waals surface area contributed by atoms with Gasteiger partial charge in [-0.25, -0.2) is 18.9 Å².